The molecule has 0 unspecified atom stereocenters. The molecule has 22 rings (SSSR count). The summed E-state index contributed by atoms with van der Waals surface area (Å²) in [5.41, 5.74) is 26.1. The van der Waals surface area contributed by atoms with Gasteiger partial charge in [0.2, 0.25) is 0 Å². The lowest BCUT2D eigenvalue weighted by Gasteiger charge is -2.27. The standard InChI is InChI=1S/C98H58N8/c99-59-61-38-42-63(43-39-61)78-58-79(64-44-40-62(60-100)41-45-64)98(106-94-52-48-68(103-88-34-16-8-26-74(88)75-27-9-17-35-89(75)103)56-82(94)83-57-69(49-53-95(83)106)104-90-36-18-10-28-76(90)77-29-11-19-37-91(77)104)96(65-20-2-1-3-21-65)97(78)105-92-50-46-66(101-84-30-12-4-22-70(84)71-23-5-13-31-85(71)101)54-80(92)81-55-67(47-51-93(81)105)102-86-32-14-6-24-72(86)73-25-7-15-33-87(73)102/h1-58H. The quantitative estimate of drug-likeness (QED) is 0.144. The van der Waals surface area contributed by atoms with Crippen LogP contribution in [0.3, 0.4) is 0 Å². The summed E-state index contributed by atoms with van der Waals surface area (Å²) in [4.78, 5) is 0. The van der Waals surface area contributed by atoms with Gasteiger partial charge in [0.25, 0.3) is 0 Å². The van der Waals surface area contributed by atoms with Gasteiger partial charge >= 0.3 is 0 Å². The monoisotopic (exact) mass is 1350 g/mol. The van der Waals surface area contributed by atoms with Gasteiger partial charge in [0, 0.05) is 104 Å². The summed E-state index contributed by atoms with van der Waals surface area (Å²) in [5.74, 6) is 0. The summed E-state index contributed by atoms with van der Waals surface area (Å²) in [6.07, 6.45) is 0. The number of fused-ring (bicyclic) bond motifs is 18. The Hall–Kier alpha value is -14.7. The molecule has 8 heteroatoms. The number of hydrogen-bond donors (Lipinski definition) is 0. The second-order valence-electron chi connectivity index (χ2n) is 27.7. The Morgan fingerprint density at radius 1 is 0.179 bits per heavy atom. The molecule has 0 fully saturated rings. The fourth-order valence-electron chi connectivity index (χ4n) is 17.7. The highest BCUT2D eigenvalue weighted by molar-refractivity contribution is 6.19. The zero-order valence-corrected chi connectivity index (χ0v) is 57.1. The molecule has 0 spiro atoms. The third-order valence-electron chi connectivity index (χ3n) is 22.2. The summed E-state index contributed by atoms with van der Waals surface area (Å²) in [6, 6.07) is 133. The predicted octanol–water partition coefficient (Wildman–Crippen LogP) is 25.0. The van der Waals surface area contributed by atoms with Gasteiger partial charge in [0.05, 0.1) is 101 Å². The molecule has 8 nitrogen and oxygen atoms in total. The maximum Gasteiger partial charge on any atom is 0.0991 e. The van der Waals surface area contributed by atoms with Crippen LogP contribution in [0.5, 0.6) is 0 Å². The number of para-hydroxylation sites is 8. The Balaban J connectivity index is 0.916. The lowest BCUT2D eigenvalue weighted by molar-refractivity contribution is 1.13. The van der Waals surface area contributed by atoms with Crippen molar-refractivity contribution in [1.82, 2.24) is 27.4 Å². The van der Waals surface area contributed by atoms with E-state index in [1.165, 1.54) is 43.1 Å². The van der Waals surface area contributed by atoms with Crippen molar-refractivity contribution < 1.29 is 0 Å². The highest BCUT2D eigenvalue weighted by Crippen LogP contribution is 2.52. The third kappa shape index (κ3) is 8.55. The molecule has 0 aliphatic carbocycles. The molecule has 16 aromatic carbocycles. The number of nitrogens with zero attached hydrogens (tertiary/aromatic N) is 8. The Bertz CT molecular complexity index is 6600. The van der Waals surface area contributed by atoms with Crippen molar-refractivity contribution >= 4 is 131 Å². The van der Waals surface area contributed by atoms with Crippen LogP contribution in [0.1, 0.15) is 11.1 Å². The van der Waals surface area contributed by atoms with E-state index in [0.717, 1.165) is 155 Å². The molecule has 0 aliphatic rings. The average molecular weight is 1350 g/mol. The van der Waals surface area contributed by atoms with E-state index in [4.69, 9.17) is 0 Å². The molecular weight excluding hydrogens is 1290 g/mol. The summed E-state index contributed by atoms with van der Waals surface area (Å²) in [7, 11) is 0. The molecule has 0 aliphatic heterocycles. The lowest BCUT2D eigenvalue weighted by Crippen LogP contribution is -2.08. The average Bonchev–Trinajstić information content (AvgIpc) is 1.47. The zero-order chi connectivity index (χ0) is 69.8. The first kappa shape index (κ1) is 59.0. The molecular formula is C98H58N8. The maximum atomic E-state index is 10.5. The minimum absolute atomic E-state index is 0.565. The predicted molar refractivity (Wildman–Crippen MR) is 438 cm³/mol. The van der Waals surface area contributed by atoms with E-state index in [9.17, 15) is 10.5 Å². The van der Waals surface area contributed by atoms with Gasteiger partial charge in [-0.05, 0) is 168 Å². The SMILES string of the molecule is N#Cc1ccc(-c2cc(-c3ccc(C#N)cc3)c(-n3c4ccc(-n5c6ccccc6c6ccccc65)cc4c4cc(-n5c6ccccc6c6ccccc65)ccc43)c(-c3ccccc3)c2-n2c3ccc(-n4c5ccccc5c5ccccc54)cc3c3cc(-n4c5ccccc5c5ccccc54)ccc32)cc1. The van der Waals surface area contributed by atoms with Crippen LogP contribution in [0, 0.1) is 22.7 Å². The third-order valence-corrected chi connectivity index (χ3v) is 22.2. The fourth-order valence-corrected chi connectivity index (χ4v) is 17.7. The number of nitriles is 2. The minimum atomic E-state index is 0.565. The Morgan fingerprint density at radius 3 is 0.651 bits per heavy atom. The van der Waals surface area contributed by atoms with Gasteiger partial charge in [-0.1, -0.05) is 200 Å². The van der Waals surface area contributed by atoms with Gasteiger partial charge < -0.3 is 27.4 Å². The van der Waals surface area contributed by atoms with Gasteiger partial charge in [-0.2, -0.15) is 10.5 Å². The van der Waals surface area contributed by atoms with Crippen LogP contribution in [-0.4, -0.2) is 27.4 Å². The molecule has 6 heterocycles. The molecule has 0 amide bonds. The number of hydrogen-bond acceptors (Lipinski definition) is 2. The summed E-state index contributed by atoms with van der Waals surface area (Å²) in [6.45, 7) is 0. The van der Waals surface area contributed by atoms with Crippen molar-refractivity contribution in [3.8, 4) is 79.6 Å². The van der Waals surface area contributed by atoms with Gasteiger partial charge in [-0.15, -0.1) is 0 Å². The normalized spacial score (nSPS) is 11.9. The Labute approximate surface area is 607 Å². The van der Waals surface area contributed by atoms with E-state index in [1.807, 2.05) is 24.3 Å². The Morgan fingerprint density at radius 2 is 0.406 bits per heavy atom. The first-order valence-corrected chi connectivity index (χ1v) is 35.9. The van der Waals surface area contributed by atoms with Crippen molar-refractivity contribution in [1.29, 1.82) is 10.5 Å². The summed E-state index contributed by atoms with van der Waals surface area (Å²) >= 11 is 0. The van der Waals surface area contributed by atoms with Gasteiger partial charge in [0.1, 0.15) is 0 Å². The van der Waals surface area contributed by atoms with Gasteiger partial charge in [-0.25, -0.2) is 0 Å². The molecule has 0 saturated heterocycles. The first-order valence-electron chi connectivity index (χ1n) is 35.9. The van der Waals surface area contributed by atoms with Crippen molar-refractivity contribution in [3.05, 3.63) is 363 Å². The smallest absolute Gasteiger partial charge is 0.0991 e. The highest BCUT2D eigenvalue weighted by atomic mass is 15.1. The lowest BCUT2D eigenvalue weighted by atomic mass is 9.87. The van der Waals surface area contributed by atoms with E-state index in [0.29, 0.717) is 11.1 Å². The van der Waals surface area contributed by atoms with E-state index < -0.39 is 0 Å². The molecule has 0 bridgehead atoms. The van der Waals surface area contributed by atoms with Crippen LogP contribution in [0.25, 0.3) is 198 Å². The summed E-state index contributed by atoms with van der Waals surface area (Å²) in [5, 5.41) is 34.9. The molecule has 22 aromatic rings. The van der Waals surface area contributed by atoms with E-state index >= 15 is 0 Å². The largest absolute Gasteiger partial charge is 0.309 e. The highest BCUT2D eigenvalue weighted by Gasteiger charge is 2.31. The van der Waals surface area contributed by atoms with Crippen molar-refractivity contribution in [3.63, 3.8) is 0 Å². The maximum absolute atomic E-state index is 10.5. The molecule has 0 saturated carbocycles. The molecule has 0 N–H and O–H groups in total. The van der Waals surface area contributed by atoms with Crippen molar-refractivity contribution in [2.75, 3.05) is 0 Å². The van der Waals surface area contributed by atoms with Gasteiger partial charge in [0.15, 0.2) is 0 Å². The molecule has 0 atom stereocenters. The second kappa shape index (κ2) is 22.9. The fraction of sp³-hybridized carbons (Fsp3) is 0. The minimum Gasteiger partial charge on any atom is -0.309 e. The van der Waals surface area contributed by atoms with Crippen LogP contribution >= 0.6 is 0 Å². The van der Waals surface area contributed by atoms with Crippen LogP contribution in [0.15, 0.2) is 352 Å². The Kier molecular flexibility index (Phi) is 12.8. The van der Waals surface area contributed by atoms with E-state index in [1.54, 1.807) is 0 Å². The van der Waals surface area contributed by atoms with Crippen molar-refractivity contribution in [2.45, 2.75) is 0 Å². The number of aromatic nitrogens is 6. The molecule has 6 aromatic heterocycles. The van der Waals surface area contributed by atoms with Crippen LogP contribution in [-0.2, 0) is 0 Å². The molecule has 490 valence electrons. The number of benzene rings is 16. The van der Waals surface area contributed by atoms with E-state index in [-0.39, 0.29) is 0 Å². The summed E-state index contributed by atoms with van der Waals surface area (Å²) < 4.78 is 14.8. The van der Waals surface area contributed by atoms with E-state index in [2.05, 4.69) is 367 Å². The topological polar surface area (TPSA) is 77.2 Å². The molecule has 0 radical (unpaired) electrons. The van der Waals surface area contributed by atoms with Crippen molar-refractivity contribution in [2.24, 2.45) is 0 Å². The zero-order valence-electron chi connectivity index (χ0n) is 57.1. The number of rotatable bonds is 9. The molecule has 106 heavy (non-hydrogen) atoms. The second-order valence-corrected chi connectivity index (χ2v) is 27.7. The van der Waals surface area contributed by atoms with Crippen LogP contribution < -0.4 is 0 Å². The van der Waals surface area contributed by atoms with Crippen LogP contribution in [0.4, 0.5) is 0 Å². The van der Waals surface area contributed by atoms with Gasteiger partial charge in [-0.3, -0.25) is 0 Å². The van der Waals surface area contributed by atoms with Crippen LogP contribution in [0.2, 0.25) is 0 Å². The first-order chi connectivity index (χ1) is 52.5.